The van der Waals surface area contributed by atoms with Gasteiger partial charge in [0.2, 0.25) is 0 Å². The largest absolute Gasteiger partial charge is 0.356 e. The number of hydrogen-bond acceptors (Lipinski definition) is 3. The van der Waals surface area contributed by atoms with Gasteiger partial charge < -0.3 is 5.32 Å². The average molecular weight is 359 g/mol. The first-order valence-corrected chi connectivity index (χ1v) is 8.96. The van der Waals surface area contributed by atoms with E-state index in [4.69, 9.17) is 0 Å². The van der Waals surface area contributed by atoms with Crippen LogP contribution in [0.4, 0.5) is 5.69 Å². The molecule has 1 heterocycles. The Balaban J connectivity index is 0.000000187. The van der Waals surface area contributed by atoms with Crippen LogP contribution in [0.15, 0.2) is 110 Å². The summed E-state index contributed by atoms with van der Waals surface area (Å²) >= 11 is 1.52. The molecule has 0 aliphatic heterocycles. The van der Waals surface area contributed by atoms with Crippen molar-refractivity contribution in [1.82, 2.24) is 0 Å². The highest BCUT2D eigenvalue weighted by atomic mass is 32.1. The van der Waals surface area contributed by atoms with Gasteiger partial charge in [-0.15, -0.1) is 11.3 Å². The quantitative estimate of drug-likeness (QED) is 0.398. The van der Waals surface area contributed by atoms with E-state index in [9.17, 15) is 4.79 Å². The first-order valence-electron chi connectivity index (χ1n) is 8.14. The van der Waals surface area contributed by atoms with E-state index in [0.29, 0.717) is 0 Å². The fourth-order valence-electron chi connectivity index (χ4n) is 2.15. The number of carbonyl (C=O) groups is 1. The van der Waals surface area contributed by atoms with Gasteiger partial charge in [0.1, 0.15) is 0 Å². The summed E-state index contributed by atoms with van der Waals surface area (Å²) in [5, 5.41) is 3.20. The van der Waals surface area contributed by atoms with Gasteiger partial charge >= 0.3 is 0 Å². The van der Waals surface area contributed by atoms with Crippen molar-refractivity contribution in [3.8, 4) is 10.4 Å². The Morgan fingerprint density at radius 2 is 1.54 bits per heavy atom. The first kappa shape index (κ1) is 19.2. The Morgan fingerprint density at radius 1 is 0.885 bits per heavy atom. The third-order valence-electron chi connectivity index (χ3n) is 3.38. The third kappa shape index (κ3) is 6.04. The summed E-state index contributed by atoms with van der Waals surface area (Å²) in [5.41, 5.74) is 3.16. The zero-order valence-electron chi connectivity index (χ0n) is 14.5. The van der Waals surface area contributed by atoms with Crippen LogP contribution in [0.2, 0.25) is 0 Å². The monoisotopic (exact) mass is 359 g/mol. The molecule has 1 aromatic heterocycles. The molecule has 0 radical (unpaired) electrons. The molecule has 0 atom stereocenters. The molecule has 26 heavy (non-hydrogen) atoms. The van der Waals surface area contributed by atoms with Gasteiger partial charge in [-0.05, 0) is 42.0 Å². The van der Waals surface area contributed by atoms with E-state index < -0.39 is 0 Å². The molecule has 0 amide bonds. The minimum atomic E-state index is 0.777. The van der Waals surface area contributed by atoms with Gasteiger partial charge in [0.25, 0.3) is 0 Å². The van der Waals surface area contributed by atoms with E-state index >= 15 is 0 Å². The smallest absolute Gasteiger partial charge is 0.160 e. The third-order valence-corrected chi connectivity index (χ3v) is 4.44. The number of aldehydes is 1. The van der Waals surface area contributed by atoms with E-state index in [0.717, 1.165) is 27.4 Å². The van der Waals surface area contributed by atoms with Crippen molar-refractivity contribution < 1.29 is 4.79 Å². The maximum Gasteiger partial charge on any atom is 0.160 e. The Hall–Kier alpha value is -3.17. The Morgan fingerprint density at radius 3 is 2.08 bits per heavy atom. The number of para-hydroxylation sites is 1. The molecule has 3 heteroatoms. The van der Waals surface area contributed by atoms with Crippen LogP contribution in [-0.4, -0.2) is 6.29 Å². The second kappa shape index (κ2) is 10.6. The molecule has 0 spiro atoms. The Labute approximate surface area is 158 Å². The minimum absolute atomic E-state index is 0.777. The van der Waals surface area contributed by atoms with Crippen LogP contribution in [0.5, 0.6) is 0 Å². The summed E-state index contributed by atoms with van der Waals surface area (Å²) < 4.78 is 0. The van der Waals surface area contributed by atoms with E-state index in [1.54, 1.807) is 12.2 Å². The Kier molecular flexibility index (Phi) is 7.84. The highest BCUT2D eigenvalue weighted by Crippen LogP contribution is 2.26. The molecular weight excluding hydrogens is 338 g/mol. The molecule has 2 aromatic carbocycles. The summed E-state index contributed by atoms with van der Waals surface area (Å²) in [7, 11) is 0. The van der Waals surface area contributed by atoms with Crippen LogP contribution in [-0.2, 0) is 0 Å². The van der Waals surface area contributed by atoms with Gasteiger partial charge in [0.15, 0.2) is 6.29 Å². The summed E-state index contributed by atoms with van der Waals surface area (Å²) in [6.07, 6.45) is 6.25. The van der Waals surface area contributed by atoms with Crippen molar-refractivity contribution in [3.05, 3.63) is 115 Å². The molecule has 130 valence electrons. The molecule has 0 aliphatic rings. The number of nitrogens with one attached hydrogen (secondary N) is 1. The number of carbonyl (C=O) groups excluding carboxylic acids is 1. The van der Waals surface area contributed by atoms with Crippen molar-refractivity contribution in [3.63, 3.8) is 0 Å². The molecule has 0 unspecified atom stereocenters. The molecular formula is C23H21NOS. The number of thiophene rings is 1. The van der Waals surface area contributed by atoms with Crippen molar-refractivity contribution in [1.29, 1.82) is 0 Å². The second-order valence-corrected chi connectivity index (χ2v) is 6.35. The number of benzene rings is 2. The lowest BCUT2D eigenvalue weighted by Gasteiger charge is -2.05. The predicted octanol–water partition coefficient (Wildman–Crippen LogP) is 6.58. The van der Waals surface area contributed by atoms with Crippen LogP contribution >= 0.6 is 11.3 Å². The molecule has 3 rings (SSSR count). The molecule has 0 bridgehead atoms. The van der Waals surface area contributed by atoms with Crippen LogP contribution in [0.25, 0.3) is 10.4 Å². The molecule has 0 fully saturated rings. The lowest BCUT2D eigenvalue weighted by molar-refractivity contribution is 0.112. The lowest BCUT2D eigenvalue weighted by Crippen LogP contribution is -1.95. The van der Waals surface area contributed by atoms with E-state index in [2.05, 4.69) is 18.5 Å². The second-order valence-electron chi connectivity index (χ2n) is 5.24. The fourth-order valence-corrected chi connectivity index (χ4v) is 2.98. The summed E-state index contributed by atoms with van der Waals surface area (Å²) in [6, 6.07) is 23.8. The van der Waals surface area contributed by atoms with Gasteiger partial charge in [-0.25, -0.2) is 0 Å². The Bertz CT molecular complexity index is 863. The summed E-state index contributed by atoms with van der Waals surface area (Å²) in [5.74, 6) is 0. The number of allylic oxidation sites excluding steroid dienone is 3. The summed E-state index contributed by atoms with van der Waals surface area (Å²) in [6.45, 7) is 7.32. The maximum atomic E-state index is 10.5. The number of anilines is 1. The topological polar surface area (TPSA) is 29.1 Å². The van der Waals surface area contributed by atoms with Crippen LogP contribution in [0.1, 0.15) is 9.67 Å². The van der Waals surface area contributed by atoms with Gasteiger partial charge in [-0.1, -0.05) is 67.8 Å². The predicted molar refractivity (Wildman–Crippen MR) is 114 cm³/mol. The number of hydrogen-bond donors (Lipinski definition) is 1. The molecule has 0 aliphatic carbocycles. The standard InChI is InChI=1S/C12H13N.C11H8OS/c1-3-8-11(4-2)13-12-9-6-5-7-10-12;12-8-10-6-7-11(13-10)9-4-2-1-3-5-9/h3-10,13H,1-2H2;1-8H/b11-8+;. The number of rotatable bonds is 6. The first-order chi connectivity index (χ1) is 12.8. The fraction of sp³-hybridized carbons (Fsp3) is 0. The molecule has 0 saturated heterocycles. The van der Waals surface area contributed by atoms with Crippen LogP contribution in [0, 0.1) is 0 Å². The SMILES string of the molecule is C=C/C=C(\C=C)Nc1ccccc1.O=Cc1ccc(-c2ccccc2)s1. The van der Waals surface area contributed by atoms with Crippen LogP contribution < -0.4 is 5.32 Å². The van der Waals surface area contributed by atoms with Gasteiger partial charge in [-0.2, -0.15) is 0 Å². The van der Waals surface area contributed by atoms with Crippen molar-refractivity contribution in [2.75, 3.05) is 5.32 Å². The molecule has 1 N–H and O–H groups in total. The normalized spacial score (nSPS) is 10.2. The zero-order chi connectivity index (χ0) is 18.6. The average Bonchev–Trinajstić information content (AvgIpc) is 3.19. The van der Waals surface area contributed by atoms with E-state index in [1.807, 2.05) is 78.9 Å². The molecule has 2 nitrogen and oxygen atoms in total. The van der Waals surface area contributed by atoms with Gasteiger partial charge in [-0.3, -0.25) is 4.79 Å². The van der Waals surface area contributed by atoms with Gasteiger partial charge in [0.05, 0.1) is 4.88 Å². The van der Waals surface area contributed by atoms with Crippen molar-refractivity contribution >= 4 is 23.3 Å². The zero-order valence-corrected chi connectivity index (χ0v) is 15.3. The molecule has 0 saturated carbocycles. The van der Waals surface area contributed by atoms with E-state index in [-0.39, 0.29) is 0 Å². The minimum Gasteiger partial charge on any atom is -0.356 e. The van der Waals surface area contributed by atoms with Crippen LogP contribution in [0.3, 0.4) is 0 Å². The lowest BCUT2D eigenvalue weighted by atomic mass is 10.2. The van der Waals surface area contributed by atoms with Gasteiger partial charge in [0, 0.05) is 16.3 Å². The molecule has 3 aromatic rings. The highest BCUT2D eigenvalue weighted by molar-refractivity contribution is 7.17. The summed E-state index contributed by atoms with van der Waals surface area (Å²) in [4.78, 5) is 12.4. The van der Waals surface area contributed by atoms with Crippen molar-refractivity contribution in [2.45, 2.75) is 0 Å². The van der Waals surface area contributed by atoms with Crippen molar-refractivity contribution in [2.24, 2.45) is 0 Å². The van der Waals surface area contributed by atoms with E-state index in [1.165, 1.54) is 16.9 Å². The maximum absolute atomic E-state index is 10.5. The highest BCUT2D eigenvalue weighted by Gasteiger charge is 2.00.